The molecular weight excluding hydrogens is 404 g/mol. The van der Waals surface area contributed by atoms with Crippen LogP contribution in [0.1, 0.15) is 25.7 Å². The van der Waals surface area contributed by atoms with Crippen molar-refractivity contribution in [3.63, 3.8) is 0 Å². The molecule has 0 aromatic rings. The van der Waals surface area contributed by atoms with E-state index in [1.165, 1.54) is 6.08 Å². The standard InChI is InChI=1S/C19H34O11/c1-2-10(6-4-3-5-7-20)29-19-17(26)15(24)14(23)12(30-19)9-28-18-16(25)13(22)11(21)8-27-18/h2,10-26H,1,3-9H2. The Morgan fingerprint density at radius 2 is 1.60 bits per heavy atom. The minimum Gasteiger partial charge on any atom is -0.396 e. The summed E-state index contributed by atoms with van der Waals surface area (Å²) in [6, 6.07) is 0. The molecule has 30 heavy (non-hydrogen) atoms. The Balaban J connectivity index is 1.90. The Morgan fingerprint density at radius 3 is 2.27 bits per heavy atom. The molecule has 0 amide bonds. The molecule has 11 heteroatoms. The Bertz CT molecular complexity index is 507. The van der Waals surface area contributed by atoms with E-state index in [1.807, 2.05) is 0 Å². The van der Waals surface area contributed by atoms with Gasteiger partial charge in [-0.1, -0.05) is 18.9 Å². The van der Waals surface area contributed by atoms with Gasteiger partial charge in [0.05, 0.1) is 19.3 Å². The number of rotatable bonds is 11. The van der Waals surface area contributed by atoms with Crippen LogP contribution in [0.25, 0.3) is 0 Å². The summed E-state index contributed by atoms with van der Waals surface area (Å²) in [4.78, 5) is 0. The predicted molar refractivity (Wildman–Crippen MR) is 101 cm³/mol. The maximum Gasteiger partial charge on any atom is 0.187 e. The van der Waals surface area contributed by atoms with Crippen molar-refractivity contribution in [1.82, 2.24) is 0 Å². The largest absolute Gasteiger partial charge is 0.396 e. The lowest BCUT2D eigenvalue weighted by atomic mass is 9.99. The highest BCUT2D eigenvalue weighted by Crippen LogP contribution is 2.26. The second-order valence-electron chi connectivity index (χ2n) is 7.58. The van der Waals surface area contributed by atoms with Crippen LogP contribution in [0.4, 0.5) is 0 Å². The molecule has 0 saturated carbocycles. The van der Waals surface area contributed by atoms with Gasteiger partial charge in [0.2, 0.25) is 0 Å². The smallest absolute Gasteiger partial charge is 0.187 e. The number of unbranched alkanes of at least 4 members (excludes halogenated alkanes) is 2. The number of hydrogen-bond donors (Lipinski definition) is 7. The van der Waals surface area contributed by atoms with E-state index in [0.717, 1.165) is 12.8 Å². The molecule has 2 saturated heterocycles. The average molecular weight is 438 g/mol. The lowest BCUT2D eigenvalue weighted by molar-refractivity contribution is -0.325. The van der Waals surface area contributed by atoms with Gasteiger partial charge >= 0.3 is 0 Å². The SMILES string of the molecule is C=CC(CCCCCO)OC1OC(COC2OCC(O)C(O)C2O)C(O)C(O)C1O. The van der Waals surface area contributed by atoms with Crippen LogP contribution in [0.15, 0.2) is 12.7 Å². The third-order valence-corrected chi connectivity index (χ3v) is 5.27. The Morgan fingerprint density at radius 1 is 0.900 bits per heavy atom. The molecule has 0 bridgehead atoms. The Labute approximate surface area is 175 Å². The van der Waals surface area contributed by atoms with E-state index < -0.39 is 61.4 Å². The fourth-order valence-corrected chi connectivity index (χ4v) is 3.33. The molecule has 2 fully saturated rings. The van der Waals surface area contributed by atoms with Crippen molar-refractivity contribution in [2.45, 2.75) is 87.1 Å². The van der Waals surface area contributed by atoms with Crippen molar-refractivity contribution in [3.05, 3.63) is 12.7 Å². The molecule has 10 unspecified atom stereocenters. The van der Waals surface area contributed by atoms with E-state index in [9.17, 15) is 30.6 Å². The van der Waals surface area contributed by atoms with Crippen molar-refractivity contribution in [2.24, 2.45) is 0 Å². The lowest BCUT2D eigenvalue weighted by Crippen LogP contribution is -2.60. The molecule has 2 aliphatic rings. The summed E-state index contributed by atoms with van der Waals surface area (Å²) < 4.78 is 21.7. The summed E-state index contributed by atoms with van der Waals surface area (Å²) in [7, 11) is 0. The molecule has 176 valence electrons. The molecule has 0 radical (unpaired) electrons. The summed E-state index contributed by atoms with van der Waals surface area (Å²) in [6.07, 6.45) is -8.60. The van der Waals surface area contributed by atoms with Gasteiger partial charge in [-0.15, -0.1) is 6.58 Å². The first-order chi connectivity index (χ1) is 14.3. The molecule has 11 nitrogen and oxygen atoms in total. The van der Waals surface area contributed by atoms with Gasteiger partial charge in [-0.2, -0.15) is 0 Å². The maximum absolute atomic E-state index is 10.2. The maximum atomic E-state index is 10.2. The third kappa shape index (κ3) is 6.65. The zero-order valence-corrected chi connectivity index (χ0v) is 16.8. The highest BCUT2D eigenvalue weighted by atomic mass is 16.7. The van der Waals surface area contributed by atoms with Crippen LogP contribution in [-0.2, 0) is 18.9 Å². The Kier molecular flexibility index (Phi) is 10.5. The van der Waals surface area contributed by atoms with E-state index in [0.29, 0.717) is 12.8 Å². The van der Waals surface area contributed by atoms with Crippen LogP contribution in [0.3, 0.4) is 0 Å². The van der Waals surface area contributed by atoms with Crippen LogP contribution in [0.2, 0.25) is 0 Å². The molecule has 7 N–H and O–H groups in total. The number of hydrogen-bond acceptors (Lipinski definition) is 11. The van der Waals surface area contributed by atoms with Crippen LogP contribution < -0.4 is 0 Å². The number of aliphatic hydroxyl groups excluding tert-OH is 7. The van der Waals surface area contributed by atoms with Crippen LogP contribution in [0, 0.1) is 0 Å². The fraction of sp³-hybridized carbons (Fsp3) is 0.895. The molecule has 2 rings (SSSR count). The van der Waals surface area contributed by atoms with Crippen molar-refractivity contribution >= 4 is 0 Å². The van der Waals surface area contributed by atoms with Crippen molar-refractivity contribution < 1.29 is 54.7 Å². The van der Waals surface area contributed by atoms with Gasteiger partial charge in [-0.3, -0.25) is 0 Å². The molecule has 10 atom stereocenters. The van der Waals surface area contributed by atoms with Gasteiger partial charge in [-0.05, 0) is 12.8 Å². The monoisotopic (exact) mass is 438 g/mol. The van der Waals surface area contributed by atoms with Gasteiger partial charge in [0, 0.05) is 6.61 Å². The summed E-state index contributed by atoms with van der Waals surface area (Å²) in [6.45, 7) is 3.20. The van der Waals surface area contributed by atoms with Crippen LogP contribution in [-0.4, -0.2) is 117 Å². The third-order valence-electron chi connectivity index (χ3n) is 5.27. The summed E-state index contributed by atoms with van der Waals surface area (Å²) in [5.41, 5.74) is 0. The highest BCUT2D eigenvalue weighted by molar-refractivity contribution is 4.91. The lowest BCUT2D eigenvalue weighted by Gasteiger charge is -2.42. The molecule has 2 aliphatic heterocycles. The van der Waals surface area contributed by atoms with Crippen LogP contribution >= 0.6 is 0 Å². The van der Waals surface area contributed by atoms with Gasteiger partial charge in [0.25, 0.3) is 0 Å². The summed E-state index contributed by atoms with van der Waals surface area (Å²) >= 11 is 0. The highest BCUT2D eigenvalue weighted by Gasteiger charge is 2.46. The van der Waals surface area contributed by atoms with Gasteiger partial charge < -0.3 is 54.7 Å². The quantitative estimate of drug-likeness (QED) is 0.133. The van der Waals surface area contributed by atoms with Gasteiger partial charge in [-0.25, -0.2) is 0 Å². The number of aliphatic hydroxyl groups is 7. The van der Waals surface area contributed by atoms with Crippen molar-refractivity contribution in [1.29, 1.82) is 0 Å². The predicted octanol–water partition coefficient (Wildman–Crippen LogP) is -2.63. The second kappa shape index (κ2) is 12.4. The molecule has 2 heterocycles. The van der Waals surface area contributed by atoms with Gasteiger partial charge in [0.15, 0.2) is 12.6 Å². The molecular formula is C19H34O11. The molecule has 0 aromatic heterocycles. The fourth-order valence-electron chi connectivity index (χ4n) is 3.33. The summed E-state index contributed by atoms with van der Waals surface area (Å²) in [5.74, 6) is 0. The zero-order chi connectivity index (χ0) is 22.3. The Hall–Kier alpha value is -0.700. The van der Waals surface area contributed by atoms with E-state index >= 15 is 0 Å². The first-order valence-electron chi connectivity index (χ1n) is 10.2. The minimum absolute atomic E-state index is 0.102. The van der Waals surface area contributed by atoms with Crippen molar-refractivity contribution in [3.8, 4) is 0 Å². The number of ether oxygens (including phenoxy) is 4. The molecule has 0 aromatic carbocycles. The first kappa shape index (κ1) is 25.6. The normalized spacial score (nSPS) is 40.8. The average Bonchev–Trinajstić information content (AvgIpc) is 2.74. The van der Waals surface area contributed by atoms with Crippen LogP contribution in [0.5, 0.6) is 0 Å². The van der Waals surface area contributed by atoms with Gasteiger partial charge in [0.1, 0.15) is 42.7 Å². The first-order valence-corrected chi connectivity index (χ1v) is 10.2. The topological polar surface area (TPSA) is 179 Å². The second-order valence-corrected chi connectivity index (χ2v) is 7.58. The zero-order valence-electron chi connectivity index (χ0n) is 16.8. The minimum atomic E-state index is -1.57. The van der Waals surface area contributed by atoms with E-state index in [4.69, 9.17) is 24.1 Å². The summed E-state index contributed by atoms with van der Waals surface area (Å²) in [5, 5.41) is 68.5. The van der Waals surface area contributed by atoms with E-state index in [1.54, 1.807) is 0 Å². The van der Waals surface area contributed by atoms with E-state index in [-0.39, 0.29) is 19.8 Å². The molecule has 0 aliphatic carbocycles. The molecule has 0 spiro atoms. The van der Waals surface area contributed by atoms with E-state index in [2.05, 4.69) is 6.58 Å². The van der Waals surface area contributed by atoms with Crippen molar-refractivity contribution in [2.75, 3.05) is 19.8 Å².